The second-order valence-electron chi connectivity index (χ2n) is 4.30. The first kappa shape index (κ1) is 14.1. The zero-order valence-electron chi connectivity index (χ0n) is 10.6. The van der Waals surface area contributed by atoms with Crippen molar-refractivity contribution in [3.63, 3.8) is 0 Å². The van der Waals surface area contributed by atoms with Gasteiger partial charge in [-0.25, -0.2) is 12.8 Å². The van der Waals surface area contributed by atoms with Gasteiger partial charge in [0.1, 0.15) is 16.5 Å². The molecule has 2 aromatic carbocycles. The van der Waals surface area contributed by atoms with Crippen LogP contribution in [0.4, 0.5) is 15.8 Å². The maximum absolute atomic E-state index is 13.6. The molecule has 0 saturated carbocycles. The van der Waals surface area contributed by atoms with E-state index in [2.05, 4.69) is 4.72 Å². The minimum absolute atomic E-state index is 0.0572. The summed E-state index contributed by atoms with van der Waals surface area (Å²) in [4.78, 5) is -0.544. The molecular weight excluding hydrogens is 283 g/mol. The molecule has 0 saturated heterocycles. The summed E-state index contributed by atoms with van der Waals surface area (Å²) in [6, 6.07) is 7.55. The van der Waals surface area contributed by atoms with E-state index >= 15 is 0 Å². The second-order valence-corrected chi connectivity index (χ2v) is 5.95. The summed E-state index contributed by atoms with van der Waals surface area (Å²) in [5.41, 5.74) is 6.33. The van der Waals surface area contributed by atoms with Gasteiger partial charge in [-0.2, -0.15) is 0 Å². The molecule has 0 aliphatic carbocycles. The number of nitrogens with one attached hydrogen (secondary N) is 1. The summed E-state index contributed by atoms with van der Waals surface area (Å²) in [5, 5.41) is 9.54. The fourth-order valence-electron chi connectivity index (χ4n) is 1.61. The predicted molar refractivity (Wildman–Crippen MR) is 74.5 cm³/mol. The third-order valence-electron chi connectivity index (χ3n) is 2.71. The molecule has 0 bridgehead atoms. The van der Waals surface area contributed by atoms with Crippen LogP contribution in [0, 0.1) is 12.7 Å². The number of anilines is 2. The first-order chi connectivity index (χ1) is 9.29. The van der Waals surface area contributed by atoms with E-state index in [4.69, 9.17) is 5.73 Å². The number of aryl methyl sites for hydroxylation is 1. The van der Waals surface area contributed by atoms with Crippen LogP contribution in [0.25, 0.3) is 0 Å². The summed E-state index contributed by atoms with van der Waals surface area (Å²) in [5.74, 6) is -0.957. The van der Waals surface area contributed by atoms with Crippen LogP contribution in [0.3, 0.4) is 0 Å². The number of nitrogens with two attached hydrogens (primary N) is 1. The van der Waals surface area contributed by atoms with Gasteiger partial charge in [0.25, 0.3) is 10.0 Å². The average molecular weight is 296 g/mol. The van der Waals surface area contributed by atoms with Crippen molar-refractivity contribution in [3.05, 3.63) is 47.8 Å². The van der Waals surface area contributed by atoms with Gasteiger partial charge in [0, 0.05) is 11.8 Å². The van der Waals surface area contributed by atoms with Gasteiger partial charge < -0.3 is 10.8 Å². The van der Waals surface area contributed by atoms with Crippen molar-refractivity contribution in [2.45, 2.75) is 11.8 Å². The molecule has 0 fully saturated rings. The highest BCUT2D eigenvalue weighted by Gasteiger charge is 2.19. The third kappa shape index (κ3) is 2.83. The molecule has 106 valence electrons. The van der Waals surface area contributed by atoms with Gasteiger partial charge in [-0.05, 0) is 36.8 Å². The first-order valence-electron chi connectivity index (χ1n) is 5.67. The van der Waals surface area contributed by atoms with Crippen LogP contribution in [0.15, 0.2) is 41.3 Å². The van der Waals surface area contributed by atoms with E-state index in [9.17, 15) is 17.9 Å². The maximum atomic E-state index is 13.6. The number of phenols is 1. The van der Waals surface area contributed by atoms with Crippen LogP contribution in [0.5, 0.6) is 5.75 Å². The lowest BCUT2D eigenvalue weighted by molar-refractivity contribution is 0.471. The van der Waals surface area contributed by atoms with E-state index in [1.165, 1.54) is 18.2 Å². The maximum Gasteiger partial charge on any atom is 0.264 e. The molecule has 0 heterocycles. The molecule has 0 atom stereocenters. The van der Waals surface area contributed by atoms with E-state index < -0.39 is 20.7 Å². The lowest BCUT2D eigenvalue weighted by atomic mass is 10.2. The van der Waals surface area contributed by atoms with Crippen LogP contribution in [-0.4, -0.2) is 13.5 Å². The SMILES string of the molecule is Cc1ccc(NS(=O)(=O)c2cc(N)ccc2F)cc1O. The molecule has 0 amide bonds. The number of hydrogen-bond acceptors (Lipinski definition) is 4. The van der Waals surface area contributed by atoms with Crippen molar-refractivity contribution in [2.75, 3.05) is 10.5 Å². The van der Waals surface area contributed by atoms with Crippen molar-refractivity contribution in [1.82, 2.24) is 0 Å². The molecule has 2 aromatic rings. The van der Waals surface area contributed by atoms with Crippen molar-refractivity contribution in [1.29, 1.82) is 0 Å². The fourth-order valence-corrected chi connectivity index (χ4v) is 2.77. The first-order valence-corrected chi connectivity index (χ1v) is 7.15. The number of phenolic OH excluding ortho intramolecular Hbond substituents is 1. The summed E-state index contributed by atoms with van der Waals surface area (Å²) >= 11 is 0. The van der Waals surface area contributed by atoms with Gasteiger partial charge in [0.05, 0.1) is 5.69 Å². The van der Waals surface area contributed by atoms with Gasteiger partial charge in [0.15, 0.2) is 0 Å². The average Bonchev–Trinajstić information content (AvgIpc) is 2.36. The minimum Gasteiger partial charge on any atom is -0.508 e. The number of benzene rings is 2. The number of rotatable bonds is 3. The Morgan fingerprint density at radius 3 is 2.55 bits per heavy atom. The van der Waals surface area contributed by atoms with Crippen LogP contribution in [-0.2, 0) is 10.0 Å². The summed E-state index contributed by atoms with van der Waals surface area (Å²) < 4.78 is 39.9. The number of halogens is 1. The topological polar surface area (TPSA) is 92.4 Å². The summed E-state index contributed by atoms with van der Waals surface area (Å²) in [6.45, 7) is 1.67. The van der Waals surface area contributed by atoms with Crippen LogP contribution in [0.2, 0.25) is 0 Å². The Morgan fingerprint density at radius 1 is 1.20 bits per heavy atom. The zero-order valence-corrected chi connectivity index (χ0v) is 11.4. The summed E-state index contributed by atoms with van der Waals surface area (Å²) in [7, 11) is -4.11. The quantitative estimate of drug-likeness (QED) is 0.757. The molecule has 0 unspecified atom stereocenters. The van der Waals surface area contributed by atoms with E-state index in [-0.39, 0.29) is 17.1 Å². The van der Waals surface area contributed by atoms with Gasteiger partial charge in [-0.3, -0.25) is 4.72 Å². The van der Waals surface area contributed by atoms with E-state index in [1.807, 2.05) is 0 Å². The van der Waals surface area contributed by atoms with Gasteiger partial charge in [-0.15, -0.1) is 0 Å². The Kier molecular flexibility index (Phi) is 3.54. The molecule has 0 spiro atoms. The molecular formula is C13H13FN2O3S. The third-order valence-corrected chi connectivity index (χ3v) is 4.10. The Morgan fingerprint density at radius 2 is 1.90 bits per heavy atom. The Hall–Kier alpha value is -2.28. The molecule has 0 radical (unpaired) electrons. The second kappa shape index (κ2) is 5.01. The van der Waals surface area contributed by atoms with Gasteiger partial charge in [-0.1, -0.05) is 6.07 Å². The smallest absolute Gasteiger partial charge is 0.264 e. The monoisotopic (exact) mass is 296 g/mol. The van der Waals surface area contributed by atoms with Crippen LogP contribution in [0.1, 0.15) is 5.56 Å². The zero-order chi connectivity index (χ0) is 14.9. The largest absolute Gasteiger partial charge is 0.508 e. The number of sulfonamides is 1. The molecule has 0 aromatic heterocycles. The van der Waals surface area contributed by atoms with Crippen molar-refractivity contribution < 1.29 is 17.9 Å². The standard InChI is InChI=1S/C13H13FN2O3S/c1-8-2-4-10(7-12(8)17)16-20(18,19)13-6-9(15)3-5-11(13)14/h2-7,16-17H,15H2,1H3. The molecule has 0 aliphatic heterocycles. The minimum atomic E-state index is -4.11. The number of nitrogen functional groups attached to an aromatic ring is 1. The lowest BCUT2D eigenvalue weighted by Gasteiger charge is -2.10. The number of aromatic hydroxyl groups is 1. The molecule has 4 N–H and O–H groups in total. The normalized spacial score (nSPS) is 11.3. The Labute approximate surface area is 115 Å². The Bertz CT molecular complexity index is 760. The van der Waals surface area contributed by atoms with E-state index in [1.54, 1.807) is 13.0 Å². The van der Waals surface area contributed by atoms with Gasteiger partial charge in [0.2, 0.25) is 0 Å². The molecule has 7 heteroatoms. The highest BCUT2D eigenvalue weighted by Crippen LogP contribution is 2.25. The Balaban J connectivity index is 2.40. The van der Waals surface area contributed by atoms with Crippen LogP contribution < -0.4 is 10.5 Å². The van der Waals surface area contributed by atoms with Crippen LogP contribution >= 0.6 is 0 Å². The molecule has 0 aliphatic rings. The predicted octanol–water partition coefficient (Wildman–Crippen LogP) is 2.22. The van der Waals surface area contributed by atoms with Crippen molar-refractivity contribution >= 4 is 21.4 Å². The summed E-state index contributed by atoms with van der Waals surface area (Å²) in [6.07, 6.45) is 0. The van der Waals surface area contributed by atoms with Crippen molar-refractivity contribution in [2.24, 2.45) is 0 Å². The van der Waals surface area contributed by atoms with Gasteiger partial charge >= 0.3 is 0 Å². The molecule has 2 rings (SSSR count). The highest BCUT2D eigenvalue weighted by atomic mass is 32.2. The molecule has 5 nitrogen and oxygen atoms in total. The number of hydrogen-bond donors (Lipinski definition) is 3. The van der Waals surface area contributed by atoms with E-state index in [0.717, 1.165) is 12.1 Å². The fraction of sp³-hybridized carbons (Fsp3) is 0.0769. The lowest BCUT2D eigenvalue weighted by Crippen LogP contribution is -2.15. The van der Waals surface area contributed by atoms with E-state index in [0.29, 0.717) is 5.56 Å². The molecule has 20 heavy (non-hydrogen) atoms. The highest BCUT2D eigenvalue weighted by molar-refractivity contribution is 7.92. The van der Waals surface area contributed by atoms with Crippen molar-refractivity contribution in [3.8, 4) is 5.75 Å².